The zero-order valence-electron chi connectivity index (χ0n) is 14.7. The van der Waals surface area contributed by atoms with Gasteiger partial charge in [0.15, 0.2) is 0 Å². The Morgan fingerprint density at radius 2 is 2.00 bits per heavy atom. The average molecular weight is 392 g/mol. The van der Waals surface area contributed by atoms with Crippen LogP contribution in [0, 0.1) is 17.7 Å². The van der Waals surface area contributed by atoms with Crippen molar-refractivity contribution in [3.63, 3.8) is 0 Å². The van der Waals surface area contributed by atoms with Crippen LogP contribution in [0.3, 0.4) is 0 Å². The summed E-state index contributed by atoms with van der Waals surface area (Å²) in [5.41, 5.74) is 0.0836. The number of benzene rings is 1. The maximum absolute atomic E-state index is 13.5. The monoisotopic (exact) mass is 391 g/mol. The summed E-state index contributed by atoms with van der Waals surface area (Å²) in [6.07, 6.45) is 0. The Balaban J connectivity index is 2.24. The van der Waals surface area contributed by atoms with E-state index in [9.17, 15) is 17.6 Å². The van der Waals surface area contributed by atoms with Gasteiger partial charge in [0.25, 0.3) is 16.1 Å². The third-order valence-electron chi connectivity index (χ3n) is 4.45. The van der Waals surface area contributed by atoms with Crippen LogP contribution in [0.5, 0.6) is 0 Å². The molecule has 1 saturated heterocycles. The molecular formula is C16H23ClFN3O3S. The highest BCUT2D eigenvalue weighted by Gasteiger charge is 2.39. The lowest BCUT2D eigenvalue weighted by molar-refractivity contribution is 0.0782. The summed E-state index contributed by atoms with van der Waals surface area (Å²) in [5, 5.41) is 0.171. The highest BCUT2D eigenvalue weighted by Crippen LogP contribution is 2.28. The van der Waals surface area contributed by atoms with Gasteiger partial charge in [0, 0.05) is 33.2 Å². The Morgan fingerprint density at radius 1 is 1.36 bits per heavy atom. The lowest BCUT2D eigenvalue weighted by Crippen LogP contribution is -2.46. The van der Waals surface area contributed by atoms with Crippen molar-refractivity contribution in [3.05, 3.63) is 34.6 Å². The van der Waals surface area contributed by atoms with Gasteiger partial charge in [-0.1, -0.05) is 25.4 Å². The van der Waals surface area contributed by atoms with Crippen LogP contribution < -0.4 is 4.72 Å². The van der Waals surface area contributed by atoms with Crippen LogP contribution in [0.15, 0.2) is 18.2 Å². The number of hydrogen-bond donors (Lipinski definition) is 1. The van der Waals surface area contributed by atoms with Crippen LogP contribution in [-0.4, -0.2) is 56.8 Å². The molecule has 25 heavy (non-hydrogen) atoms. The van der Waals surface area contributed by atoms with Crippen LogP contribution in [0.1, 0.15) is 24.2 Å². The van der Waals surface area contributed by atoms with Crippen molar-refractivity contribution >= 4 is 27.7 Å². The number of likely N-dealkylation sites (tertiary alicyclic amines) is 1. The molecule has 0 spiro atoms. The molecule has 1 aliphatic rings. The summed E-state index contributed by atoms with van der Waals surface area (Å²) >= 11 is 6.02. The van der Waals surface area contributed by atoms with Crippen molar-refractivity contribution < 1.29 is 17.6 Å². The van der Waals surface area contributed by atoms with E-state index in [1.54, 1.807) is 0 Å². The number of hydrogen-bond acceptors (Lipinski definition) is 3. The first-order valence-corrected chi connectivity index (χ1v) is 9.79. The summed E-state index contributed by atoms with van der Waals surface area (Å²) in [6, 6.07) is 3.22. The van der Waals surface area contributed by atoms with E-state index in [1.165, 1.54) is 31.1 Å². The first kappa shape index (κ1) is 20.1. The standard InChI is InChI=1S/C16H23ClFN3O3S/c1-10(2)13-8-21(9-15(13)19-25(23,24)20(3)4)16(22)12-7-11(18)5-6-14(12)17/h5-7,10,13,15,19H,8-9H2,1-4H3/t13-,15+/m0/s1. The maximum atomic E-state index is 13.5. The zero-order valence-corrected chi connectivity index (χ0v) is 16.2. The molecular weight excluding hydrogens is 369 g/mol. The molecule has 0 saturated carbocycles. The summed E-state index contributed by atoms with van der Waals surface area (Å²) in [4.78, 5) is 14.2. The summed E-state index contributed by atoms with van der Waals surface area (Å²) in [7, 11) is -0.734. The van der Waals surface area contributed by atoms with Gasteiger partial charge in [-0.05, 0) is 30.0 Å². The molecule has 140 valence electrons. The third-order valence-corrected chi connectivity index (χ3v) is 6.34. The van der Waals surface area contributed by atoms with Gasteiger partial charge in [-0.15, -0.1) is 0 Å². The van der Waals surface area contributed by atoms with Crippen molar-refractivity contribution in [2.24, 2.45) is 11.8 Å². The van der Waals surface area contributed by atoms with E-state index < -0.39 is 28.0 Å². The number of halogens is 2. The molecule has 1 aliphatic heterocycles. The normalized spacial score (nSPS) is 21.4. The number of rotatable bonds is 5. The topological polar surface area (TPSA) is 69.7 Å². The van der Waals surface area contributed by atoms with Crippen LogP contribution in [0.25, 0.3) is 0 Å². The molecule has 1 aromatic rings. The SMILES string of the molecule is CC(C)[C@@H]1CN(C(=O)c2cc(F)ccc2Cl)C[C@H]1NS(=O)(=O)N(C)C. The van der Waals surface area contributed by atoms with Crippen LogP contribution in [-0.2, 0) is 10.2 Å². The van der Waals surface area contributed by atoms with E-state index in [2.05, 4.69) is 4.72 Å². The van der Waals surface area contributed by atoms with Gasteiger partial charge in [-0.25, -0.2) is 4.39 Å². The summed E-state index contributed by atoms with van der Waals surface area (Å²) in [5.74, 6) is -0.833. The molecule has 0 unspecified atom stereocenters. The second-order valence-electron chi connectivity index (χ2n) is 6.75. The van der Waals surface area contributed by atoms with Crippen LogP contribution in [0.4, 0.5) is 4.39 Å². The van der Waals surface area contributed by atoms with Crippen molar-refractivity contribution in [1.29, 1.82) is 0 Å². The largest absolute Gasteiger partial charge is 0.337 e. The van der Waals surface area contributed by atoms with E-state index in [0.29, 0.717) is 6.54 Å². The zero-order chi connectivity index (χ0) is 18.9. The van der Waals surface area contributed by atoms with E-state index in [0.717, 1.165) is 10.4 Å². The van der Waals surface area contributed by atoms with E-state index in [1.807, 2.05) is 13.8 Å². The molecule has 2 atom stereocenters. The summed E-state index contributed by atoms with van der Waals surface area (Å²) in [6.45, 7) is 4.54. The lowest BCUT2D eigenvalue weighted by Gasteiger charge is -2.24. The Labute approximate surface area is 153 Å². The predicted molar refractivity (Wildman–Crippen MR) is 95.2 cm³/mol. The number of carbonyl (C=O) groups is 1. The Hall–Kier alpha value is -1.22. The van der Waals surface area contributed by atoms with Gasteiger partial charge in [0.05, 0.1) is 10.6 Å². The smallest absolute Gasteiger partial charge is 0.279 e. The number of carbonyl (C=O) groups excluding carboxylic acids is 1. The molecule has 1 N–H and O–H groups in total. The second kappa shape index (κ2) is 7.57. The first-order valence-electron chi connectivity index (χ1n) is 7.97. The fourth-order valence-electron chi connectivity index (χ4n) is 2.92. The van der Waals surface area contributed by atoms with Gasteiger partial charge in [-0.2, -0.15) is 17.4 Å². The van der Waals surface area contributed by atoms with Crippen molar-refractivity contribution in [3.8, 4) is 0 Å². The highest BCUT2D eigenvalue weighted by molar-refractivity contribution is 7.87. The van der Waals surface area contributed by atoms with Gasteiger partial charge in [-0.3, -0.25) is 4.79 Å². The van der Waals surface area contributed by atoms with Gasteiger partial charge in [0.2, 0.25) is 0 Å². The van der Waals surface area contributed by atoms with Gasteiger partial charge >= 0.3 is 0 Å². The predicted octanol–water partition coefficient (Wildman–Crippen LogP) is 1.97. The molecule has 1 aromatic carbocycles. The molecule has 0 bridgehead atoms. The van der Waals surface area contributed by atoms with Gasteiger partial charge < -0.3 is 4.90 Å². The van der Waals surface area contributed by atoms with E-state index >= 15 is 0 Å². The number of nitrogens with zero attached hydrogens (tertiary/aromatic N) is 2. The van der Waals surface area contributed by atoms with Crippen LogP contribution in [0.2, 0.25) is 5.02 Å². The molecule has 0 aliphatic carbocycles. The summed E-state index contributed by atoms with van der Waals surface area (Å²) < 4.78 is 41.5. The van der Waals surface area contributed by atoms with Crippen LogP contribution >= 0.6 is 11.6 Å². The Bertz CT molecular complexity index is 755. The highest BCUT2D eigenvalue weighted by atomic mass is 35.5. The average Bonchev–Trinajstić information content (AvgIpc) is 2.92. The number of amides is 1. The minimum absolute atomic E-state index is 0.0500. The molecule has 2 rings (SSSR count). The maximum Gasteiger partial charge on any atom is 0.279 e. The third kappa shape index (κ3) is 4.49. The minimum atomic E-state index is -3.62. The van der Waals surface area contributed by atoms with Gasteiger partial charge in [0.1, 0.15) is 5.82 Å². The molecule has 1 amide bonds. The first-order chi connectivity index (χ1) is 11.5. The quantitative estimate of drug-likeness (QED) is 0.834. The fourth-order valence-corrected chi connectivity index (χ4v) is 3.96. The Kier molecular flexibility index (Phi) is 6.09. The Morgan fingerprint density at radius 3 is 2.56 bits per heavy atom. The van der Waals surface area contributed by atoms with Crippen molar-refractivity contribution in [2.45, 2.75) is 19.9 Å². The van der Waals surface area contributed by atoms with E-state index in [4.69, 9.17) is 11.6 Å². The molecule has 0 aromatic heterocycles. The lowest BCUT2D eigenvalue weighted by atomic mass is 9.92. The molecule has 1 heterocycles. The second-order valence-corrected chi connectivity index (χ2v) is 9.08. The van der Waals surface area contributed by atoms with E-state index in [-0.39, 0.29) is 29.0 Å². The van der Waals surface area contributed by atoms with Crippen molar-refractivity contribution in [1.82, 2.24) is 13.9 Å². The number of nitrogens with one attached hydrogen (secondary N) is 1. The minimum Gasteiger partial charge on any atom is -0.337 e. The van der Waals surface area contributed by atoms with Crippen molar-refractivity contribution in [2.75, 3.05) is 27.2 Å². The fraction of sp³-hybridized carbons (Fsp3) is 0.562. The molecule has 0 radical (unpaired) electrons. The molecule has 9 heteroatoms. The molecule has 1 fully saturated rings. The molecule has 6 nitrogen and oxygen atoms in total.